The number of aromatic nitrogens is 3. The number of fused-ring (bicyclic) bond motifs is 1. The number of aryl methyl sites for hydroxylation is 1. The summed E-state index contributed by atoms with van der Waals surface area (Å²) < 4.78 is 2.01. The Hall–Kier alpha value is -5.10. The van der Waals surface area contributed by atoms with E-state index in [4.69, 9.17) is 10.8 Å². The summed E-state index contributed by atoms with van der Waals surface area (Å²) in [5, 5.41) is 18.8. The molecule has 2 aromatic heterocycles. The first-order valence-electron chi connectivity index (χ1n) is 11.8. The zero-order valence-electron chi connectivity index (χ0n) is 20.4. The lowest BCUT2D eigenvalue weighted by Gasteiger charge is -2.10. The highest BCUT2D eigenvalue weighted by Crippen LogP contribution is 2.32. The highest BCUT2D eigenvalue weighted by Gasteiger charge is 2.16. The molecule has 0 fully saturated rings. The van der Waals surface area contributed by atoms with Gasteiger partial charge in [-0.3, -0.25) is 4.57 Å². The number of rotatable bonds is 2. The minimum absolute atomic E-state index is 0.204. The quantitative estimate of drug-likeness (QED) is 0.234. The number of phenolic OH excluding ortho intramolecular Hbond substituents is 2. The Morgan fingerprint density at radius 1 is 0.676 bits per heavy atom. The normalized spacial score (nSPS) is 10.1. The number of nitrogen functional groups attached to an aromatic ring is 1. The number of pyridine rings is 1. The van der Waals surface area contributed by atoms with Gasteiger partial charge < -0.3 is 15.9 Å². The van der Waals surface area contributed by atoms with E-state index in [1.165, 1.54) is 0 Å². The number of imidazole rings is 1. The molecule has 0 saturated carbocycles. The summed E-state index contributed by atoms with van der Waals surface area (Å²) in [5.74, 6) is 1.20. The number of phenols is 2. The van der Waals surface area contributed by atoms with Crippen molar-refractivity contribution in [1.82, 2.24) is 14.5 Å². The molecule has 0 bridgehead atoms. The van der Waals surface area contributed by atoms with Gasteiger partial charge in [0.2, 0.25) is 0 Å². The lowest BCUT2D eigenvalue weighted by atomic mass is 10.2. The van der Waals surface area contributed by atoms with Gasteiger partial charge >= 0.3 is 0 Å². The Labute approximate surface area is 216 Å². The first kappa shape index (κ1) is 25.0. The van der Waals surface area contributed by atoms with Crippen molar-refractivity contribution >= 4 is 16.9 Å². The third-order valence-electron chi connectivity index (χ3n) is 5.53. The average molecular weight is 489 g/mol. The van der Waals surface area contributed by atoms with Crippen LogP contribution < -0.4 is 5.73 Å². The van der Waals surface area contributed by atoms with Crippen molar-refractivity contribution in [2.45, 2.75) is 6.92 Å². The van der Waals surface area contributed by atoms with Crippen molar-refractivity contribution in [1.29, 1.82) is 0 Å². The lowest BCUT2D eigenvalue weighted by Crippen LogP contribution is -1.97. The highest BCUT2D eigenvalue weighted by molar-refractivity contribution is 5.81. The molecule has 4 aromatic carbocycles. The molecule has 6 heteroatoms. The van der Waals surface area contributed by atoms with Gasteiger partial charge in [0.05, 0.1) is 11.1 Å². The Kier molecular flexibility index (Phi) is 8.14. The number of para-hydroxylation sites is 4. The molecule has 0 amide bonds. The maximum atomic E-state index is 10.2. The van der Waals surface area contributed by atoms with Crippen LogP contribution in [0.4, 0.5) is 5.69 Å². The van der Waals surface area contributed by atoms with E-state index in [1.54, 1.807) is 42.6 Å². The van der Waals surface area contributed by atoms with Crippen molar-refractivity contribution in [2.24, 2.45) is 0 Å². The molecule has 0 spiro atoms. The highest BCUT2D eigenvalue weighted by atomic mass is 16.3. The van der Waals surface area contributed by atoms with Crippen LogP contribution in [0.3, 0.4) is 0 Å². The van der Waals surface area contributed by atoms with Crippen molar-refractivity contribution in [2.75, 3.05) is 5.73 Å². The molecule has 2 heterocycles. The van der Waals surface area contributed by atoms with E-state index in [0.29, 0.717) is 22.8 Å². The number of nitrogens with zero attached hydrogens (tertiary/aromatic N) is 3. The van der Waals surface area contributed by atoms with Crippen LogP contribution >= 0.6 is 0 Å². The number of hydrogen-bond acceptors (Lipinski definition) is 5. The molecule has 37 heavy (non-hydrogen) atoms. The van der Waals surface area contributed by atoms with Gasteiger partial charge in [-0.2, -0.15) is 0 Å². The number of nitrogens with two attached hydrogens (primary N) is 1. The van der Waals surface area contributed by atoms with E-state index < -0.39 is 0 Å². The van der Waals surface area contributed by atoms with Gasteiger partial charge in [0.15, 0.2) is 11.5 Å². The van der Waals surface area contributed by atoms with Crippen molar-refractivity contribution in [3.05, 3.63) is 133 Å². The lowest BCUT2D eigenvalue weighted by molar-refractivity contribution is 0.475. The van der Waals surface area contributed by atoms with E-state index in [2.05, 4.69) is 9.97 Å². The standard InChI is InChI=1S/C18H13N3O.C7H9N.C6H6O/c22-16-11-5-4-9-14(16)18-20-17-15(10-6-12-19-17)21(18)13-7-2-1-3-8-13;1-6-4-2-3-5-7(6)8;7-6-4-2-1-3-5-6/h1-12,22H;2-5H,8H2,1H3;1-5,7H. The van der Waals surface area contributed by atoms with Crippen molar-refractivity contribution in [3.63, 3.8) is 0 Å². The second kappa shape index (κ2) is 12.0. The van der Waals surface area contributed by atoms with E-state index in [0.717, 1.165) is 22.5 Å². The van der Waals surface area contributed by atoms with Crippen LogP contribution in [-0.4, -0.2) is 24.7 Å². The number of hydrogen-bond donors (Lipinski definition) is 3. The van der Waals surface area contributed by atoms with Crippen molar-refractivity contribution < 1.29 is 10.2 Å². The van der Waals surface area contributed by atoms with E-state index in [9.17, 15) is 5.11 Å². The Bertz CT molecular complexity index is 1540. The van der Waals surface area contributed by atoms with Gasteiger partial charge in [-0.25, -0.2) is 9.97 Å². The maximum absolute atomic E-state index is 10.2. The summed E-state index contributed by atoms with van der Waals surface area (Å²) in [5.41, 5.74) is 10.8. The van der Waals surface area contributed by atoms with E-state index >= 15 is 0 Å². The summed E-state index contributed by atoms with van der Waals surface area (Å²) in [6, 6.07) is 37.5. The monoisotopic (exact) mass is 488 g/mol. The Morgan fingerprint density at radius 2 is 1.30 bits per heavy atom. The van der Waals surface area contributed by atoms with Crippen LogP contribution in [0.2, 0.25) is 0 Å². The minimum atomic E-state index is 0.204. The van der Waals surface area contributed by atoms with Crippen LogP contribution in [0, 0.1) is 6.92 Å². The molecule has 6 aromatic rings. The zero-order chi connectivity index (χ0) is 26.0. The summed E-state index contributed by atoms with van der Waals surface area (Å²) in [4.78, 5) is 8.94. The second-order valence-corrected chi connectivity index (χ2v) is 8.16. The van der Waals surface area contributed by atoms with Gasteiger partial charge in [0.25, 0.3) is 0 Å². The molecule has 6 nitrogen and oxygen atoms in total. The first-order valence-corrected chi connectivity index (χ1v) is 11.8. The molecule has 0 aliphatic carbocycles. The third-order valence-corrected chi connectivity index (χ3v) is 5.53. The zero-order valence-corrected chi connectivity index (χ0v) is 20.4. The molecule has 0 unspecified atom stereocenters. The first-order chi connectivity index (χ1) is 18.0. The van der Waals surface area contributed by atoms with Gasteiger partial charge in [0.1, 0.15) is 11.5 Å². The molecule has 184 valence electrons. The smallest absolute Gasteiger partial charge is 0.178 e. The van der Waals surface area contributed by atoms with Gasteiger partial charge in [-0.1, -0.05) is 66.7 Å². The summed E-state index contributed by atoms with van der Waals surface area (Å²) in [7, 11) is 0. The molecule has 6 rings (SSSR count). The van der Waals surface area contributed by atoms with Crippen molar-refractivity contribution in [3.8, 4) is 28.6 Å². The van der Waals surface area contributed by atoms with E-state index in [1.807, 2.05) is 96.4 Å². The molecule has 0 atom stereocenters. The fraction of sp³-hybridized carbons (Fsp3) is 0.0323. The van der Waals surface area contributed by atoms with Crippen LogP contribution in [0.15, 0.2) is 128 Å². The van der Waals surface area contributed by atoms with Gasteiger partial charge in [-0.15, -0.1) is 0 Å². The summed E-state index contributed by atoms with van der Waals surface area (Å²) >= 11 is 0. The van der Waals surface area contributed by atoms with E-state index in [-0.39, 0.29) is 5.75 Å². The number of anilines is 1. The number of benzene rings is 4. The minimum Gasteiger partial charge on any atom is -0.508 e. The summed E-state index contributed by atoms with van der Waals surface area (Å²) in [6.45, 7) is 2.00. The molecular weight excluding hydrogens is 460 g/mol. The predicted octanol–water partition coefficient (Wildman–Crippen LogP) is 6.76. The molecule has 0 radical (unpaired) electrons. The van der Waals surface area contributed by atoms with Crippen LogP contribution in [0.25, 0.3) is 28.2 Å². The largest absolute Gasteiger partial charge is 0.508 e. The molecule has 0 aliphatic rings. The molecule has 4 N–H and O–H groups in total. The predicted molar refractivity (Wildman–Crippen MR) is 150 cm³/mol. The molecular formula is C31H28N4O2. The van der Waals surface area contributed by atoms with Crippen LogP contribution in [0.1, 0.15) is 5.56 Å². The maximum Gasteiger partial charge on any atom is 0.178 e. The Balaban J connectivity index is 0.000000174. The fourth-order valence-corrected chi connectivity index (χ4v) is 3.61. The number of aromatic hydroxyl groups is 2. The third kappa shape index (κ3) is 6.32. The summed E-state index contributed by atoms with van der Waals surface area (Å²) in [6.07, 6.45) is 1.72. The molecule has 0 saturated heterocycles. The molecule has 0 aliphatic heterocycles. The van der Waals surface area contributed by atoms with Gasteiger partial charge in [0, 0.05) is 17.6 Å². The van der Waals surface area contributed by atoms with Crippen LogP contribution in [0.5, 0.6) is 11.5 Å². The second-order valence-electron chi connectivity index (χ2n) is 8.16. The Morgan fingerprint density at radius 3 is 1.89 bits per heavy atom. The van der Waals surface area contributed by atoms with Gasteiger partial charge in [-0.05, 0) is 67.1 Å². The topological polar surface area (TPSA) is 97.2 Å². The SMILES string of the molecule is Cc1ccccc1N.Oc1ccccc1.Oc1ccccc1-c1nc2ncccc2n1-c1ccccc1. The average Bonchev–Trinajstić information content (AvgIpc) is 3.32. The van der Waals surface area contributed by atoms with Crippen LogP contribution in [-0.2, 0) is 0 Å². The fourth-order valence-electron chi connectivity index (χ4n) is 3.61.